The third kappa shape index (κ3) is 4.24. The lowest BCUT2D eigenvalue weighted by Gasteiger charge is -2.09. The molecule has 3 N–H and O–H groups in total. The Balaban J connectivity index is 1.97. The normalized spacial score (nSPS) is 27.8. The van der Waals surface area contributed by atoms with Crippen molar-refractivity contribution in [1.82, 2.24) is 5.32 Å². The average Bonchev–Trinajstić information content (AvgIpc) is 2.45. The second-order valence-corrected chi connectivity index (χ2v) is 3.68. The van der Waals surface area contributed by atoms with Crippen LogP contribution in [0.15, 0.2) is 0 Å². The molecule has 2 unspecified atom stereocenters. The minimum absolute atomic E-state index is 0.133. The molecular formula is C9H17NO3. The van der Waals surface area contributed by atoms with Crippen LogP contribution in [-0.2, 0) is 4.79 Å². The lowest BCUT2D eigenvalue weighted by atomic mass is 10.1. The summed E-state index contributed by atoms with van der Waals surface area (Å²) in [5.74, 6) is -0.234. The monoisotopic (exact) mass is 187 g/mol. The Labute approximate surface area is 78.0 Å². The summed E-state index contributed by atoms with van der Waals surface area (Å²) in [7, 11) is 0. The Morgan fingerprint density at radius 1 is 1.46 bits per heavy atom. The first-order valence-corrected chi connectivity index (χ1v) is 4.79. The number of carbonyl (C=O) groups is 1. The Kier molecular flexibility index (Phi) is 4.18. The first kappa shape index (κ1) is 10.5. The zero-order valence-corrected chi connectivity index (χ0v) is 7.70. The third-order valence-corrected chi connectivity index (χ3v) is 2.46. The number of aliphatic carboxylic acids is 1. The maximum atomic E-state index is 10.2. The highest BCUT2D eigenvalue weighted by atomic mass is 16.4. The van der Waals surface area contributed by atoms with Gasteiger partial charge in [0.2, 0.25) is 0 Å². The van der Waals surface area contributed by atoms with Gasteiger partial charge in [-0.1, -0.05) is 0 Å². The molecule has 0 aromatic heterocycles. The van der Waals surface area contributed by atoms with E-state index in [0.717, 1.165) is 25.8 Å². The van der Waals surface area contributed by atoms with Gasteiger partial charge in [0.1, 0.15) is 0 Å². The molecule has 2 atom stereocenters. The summed E-state index contributed by atoms with van der Waals surface area (Å²) in [6.07, 6.45) is 2.85. The molecule has 4 nitrogen and oxygen atoms in total. The van der Waals surface area contributed by atoms with E-state index in [0.29, 0.717) is 12.5 Å². The Morgan fingerprint density at radius 2 is 2.23 bits per heavy atom. The molecule has 0 saturated heterocycles. The SMILES string of the molecule is O=C(O)CCNCC1CCC(O)C1. The first-order chi connectivity index (χ1) is 6.18. The molecule has 0 radical (unpaired) electrons. The van der Waals surface area contributed by atoms with Gasteiger partial charge in [0.05, 0.1) is 12.5 Å². The highest BCUT2D eigenvalue weighted by molar-refractivity contribution is 5.66. The van der Waals surface area contributed by atoms with Crippen LogP contribution in [0.1, 0.15) is 25.7 Å². The number of aliphatic hydroxyl groups is 1. The molecule has 1 rings (SSSR count). The van der Waals surface area contributed by atoms with Crippen molar-refractivity contribution >= 4 is 5.97 Å². The molecule has 13 heavy (non-hydrogen) atoms. The van der Waals surface area contributed by atoms with Crippen molar-refractivity contribution in [3.05, 3.63) is 0 Å². The number of carboxylic acid groups (broad SMARTS) is 1. The zero-order chi connectivity index (χ0) is 9.68. The lowest BCUT2D eigenvalue weighted by molar-refractivity contribution is -0.136. The quantitative estimate of drug-likeness (QED) is 0.538. The fourth-order valence-corrected chi connectivity index (χ4v) is 1.74. The number of nitrogens with one attached hydrogen (secondary N) is 1. The molecule has 0 aliphatic heterocycles. The molecule has 1 fully saturated rings. The molecule has 1 aliphatic rings. The van der Waals surface area contributed by atoms with Gasteiger partial charge in [-0.3, -0.25) is 4.79 Å². The summed E-state index contributed by atoms with van der Waals surface area (Å²) in [6.45, 7) is 1.37. The van der Waals surface area contributed by atoms with E-state index in [1.54, 1.807) is 0 Å². The van der Waals surface area contributed by atoms with Gasteiger partial charge in [-0.15, -0.1) is 0 Å². The van der Waals surface area contributed by atoms with Crippen molar-refractivity contribution in [2.45, 2.75) is 31.8 Å². The standard InChI is InChI=1S/C9H17NO3/c11-8-2-1-7(5-8)6-10-4-3-9(12)13/h7-8,10-11H,1-6H2,(H,12,13). The summed E-state index contributed by atoms with van der Waals surface area (Å²) in [5.41, 5.74) is 0. The van der Waals surface area contributed by atoms with E-state index >= 15 is 0 Å². The molecule has 4 heteroatoms. The average molecular weight is 187 g/mol. The summed E-state index contributed by atoms with van der Waals surface area (Å²) < 4.78 is 0. The predicted molar refractivity (Wildman–Crippen MR) is 48.5 cm³/mol. The Bertz CT molecular complexity index is 172. The largest absolute Gasteiger partial charge is 0.481 e. The highest BCUT2D eigenvalue weighted by Gasteiger charge is 2.21. The van der Waals surface area contributed by atoms with E-state index in [1.165, 1.54) is 0 Å². The lowest BCUT2D eigenvalue weighted by Crippen LogP contribution is -2.24. The van der Waals surface area contributed by atoms with Crippen LogP contribution in [0.4, 0.5) is 0 Å². The number of carboxylic acids is 1. The van der Waals surface area contributed by atoms with E-state index in [1.807, 2.05) is 0 Å². The number of aliphatic hydroxyl groups excluding tert-OH is 1. The second-order valence-electron chi connectivity index (χ2n) is 3.68. The summed E-state index contributed by atoms with van der Waals surface area (Å²) in [5, 5.41) is 20.7. The van der Waals surface area contributed by atoms with Crippen LogP contribution < -0.4 is 5.32 Å². The smallest absolute Gasteiger partial charge is 0.304 e. The van der Waals surface area contributed by atoms with Crippen molar-refractivity contribution < 1.29 is 15.0 Å². The van der Waals surface area contributed by atoms with E-state index in [9.17, 15) is 9.90 Å². The van der Waals surface area contributed by atoms with Crippen LogP contribution in [0.25, 0.3) is 0 Å². The zero-order valence-electron chi connectivity index (χ0n) is 7.70. The molecular weight excluding hydrogens is 170 g/mol. The molecule has 0 spiro atoms. The van der Waals surface area contributed by atoms with Crippen LogP contribution in [0, 0.1) is 5.92 Å². The molecule has 0 bridgehead atoms. The van der Waals surface area contributed by atoms with Crippen molar-refractivity contribution in [3.8, 4) is 0 Å². The topological polar surface area (TPSA) is 69.6 Å². The fourth-order valence-electron chi connectivity index (χ4n) is 1.74. The van der Waals surface area contributed by atoms with Gasteiger partial charge in [-0.25, -0.2) is 0 Å². The Hall–Kier alpha value is -0.610. The molecule has 76 valence electrons. The summed E-state index contributed by atoms with van der Waals surface area (Å²) in [4.78, 5) is 10.2. The minimum Gasteiger partial charge on any atom is -0.481 e. The summed E-state index contributed by atoms with van der Waals surface area (Å²) >= 11 is 0. The van der Waals surface area contributed by atoms with Gasteiger partial charge in [0, 0.05) is 6.54 Å². The summed E-state index contributed by atoms with van der Waals surface area (Å²) in [6, 6.07) is 0. The number of rotatable bonds is 5. The van der Waals surface area contributed by atoms with Gasteiger partial charge in [0.15, 0.2) is 0 Å². The van der Waals surface area contributed by atoms with Gasteiger partial charge < -0.3 is 15.5 Å². The van der Waals surface area contributed by atoms with Crippen LogP contribution in [0.5, 0.6) is 0 Å². The van der Waals surface area contributed by atoms with E-state index in [2.05, 4.69) is 5.32 Å². The van der Waals surface area contributed by atoms with Gasteiger partial charge >= 0.3 is 5.97 Å². The molecule has 1 aliphatic carbocycles. The van der Waals surface area contributed by atoms with Crippen molar-refractivity contribution in [2.75, 3.05) is 13.1 Å². The number of hydrogen-bond donors (Lipinski definition) is 3. The second kappa shape index (κ2) is 5.19. The van der Waals surface area contributed by atoms with Gasteiger partial charge in [-0.2, -0.15) is 0 Å². The van der Waals surface area contributed by atoms with Crippen LogP contribution >= 0.6 is 0 Å². The maximum Gasteiger partial charge on any atom is 0.304 e. The highest BCUT2D eigenvalue weighted by Crippen LogP contribution is 2.24. The molecule has 1 saturated carbocycles. The van der Waals surface area contributed by atoms with E-state index < -0.39 is 5.97 Å². The Morgan fingerprint density at radius 3 is 2.77 bits per heavy atom. The molecule has 0 aromatic rings. The molecule has 0 aromatic carbocycles. The van der Waals surface area contributed by atoms with E-state index in [-0.39, 0.29) is 12.5 Å². The molecule has 0 heterocycles. The maximum absolute atomic E-state index is 10.2. The third-order valence-electron chi connectivity index (χ3n) is 2.46. The van der Waals surface area contributed by atoms with Crippen LogP contribution in [0.2, 0.25) is 0 Å². The van der Waals surface area contributed by atoms with Crippen molar-refractivity contribution in [1.29, 1.82) is 0 Å². The van der Waals surface area contributed by atoms with Crippen LogP contribution in [0.3, 0.4) is 0 Å². The predicted octanol–water partition coefficient (Wildman–Crippen LogP) is 0.212. The number of hydrogen-bond acceptors (Lipinski definition) is 3. The van der Waals surface area contributed by atoms with Gasteiger partial charge in [-0.05, 0) is 31.7 Å². The van der Waals surface area contributed by atoms with Crippen molar-refractivity contribution in [3.63, 3.8) is 0 Å². The first-order valence-electron chi connectivity index (χ1n) is 4.79. The minimum atomic E-state index is -0.765. The fraction of sp³-hybridized carbons (Fsp3) is 0.889. The van der Waals surface area contributed by atoms with Gasteiger partial charge in [0.25, 0.3) is 0 Å². The van der Waals surface area contributed by atoms with Crippen LogP contribution in [-0.4, -0.2) is 35.4 Å². The molecule has 0 amide bonds. The van der Waals surface area contributed by atoms with E-state index in [4.69, 9.17) is 5.11 Å². The van der Waals surface area contributed by atoms with Crippen molar-refractivity contribution in [2.24, 2.45) is 5.92 Å².